The van der Waals surface area contributed by atoms with E-state index in [0.717, 1.165) is 32.4 Å². The van der Waals surface area contributed by atoms with Gasteiger partial charge in [0.15, 0.2) is 0 Å². The molecule has 2 aliphatic rings. The van der Waals surface area contributed by atoms with E-state index in [-0.39, 0.29) is 12.1 Å². The molecule has 0 aromatic heterocycles. The number of nitrogens with zero attached hydrogens (tertiary/aromatic N) is 2. The van der Waals surface area contributed by atoms with E-state index < -0.39 is 12.0 Å². The number of carbonyl (C=O) groups excluding carboxylic acids is 1. The third kappa shape index (κ3) is 3.87. The first-order valence-corrected chi connectivity index (χ1v) is 8.07. The Kier molecular flexibility index (Phi) is 5.45. The zero-order valence-electron chi connectivity index (χ0n) is 13.0. The van der Waals surface area contributed by atoms with Gasteiger partial charge in [0.05, 0.1) is 0 Å². The van der Waals surface area contributed by atoms with Gasteiger partial charge in [-0.1, -0.05) is 19.8 Å². The van der Waals surface area contributed by atoms with Gasteiger partial charge < -0.3 is 15.3 Å². The molecule has 6 heteroatoms. The normalized spacial score (nSPS) is 27.2. The molecule has 2 saturated heterocycles. The zero-order chi connectivity index (χ0) is 15.4. The summed E-state index contributed by atoms with van der Waals surface area (Å²) in [5, 5.41) is 11.9. The van der Waals surface area contributed by atoms with Gasteiger partial charge in [0.25, 0.3) is 0 Å². The number of hydrogen-bond acceptors (Lipinski definition) is 3. The van der Waals surface area contributed by atoms with Crippen LogP contribution in [0.4, 0.5) is 4.79 Å². The maximum atomic E-state index is 12.4. The van der Waals surface area contributed by atoms with Crippen molar-refractivity contribution in [2.24, 2.45) is 0 Å². The van der Waals surface area contributed by atoms with Crippen LogP contribution in [0.1, 0.15) is 46.0 Å². The van der Waals surface area contributed by atoms with Crippen molar-refractivity contribution in [3.63, 3.8) is 0 Å². The molecule has 2 amide bonds. The van der Waals surface area contributed by atoms with E-state index >= 15 is 0 Å². The number of hydrogen-bond donors (Lipinski definition) is 2. The lowest BCUT2D eigenvalue weighted by atomic mass is 10.1. The van der Waals surface area contributed by atoms with Crippen LogP contribution in [0.3, 0.4) is 0 Å². The minimum absolute atomic E-state index is 0.139. The summed E-state index contributed by atoms with van der Waals surface area (Å²) in [5.41, 5.74) is 0. The molecule has 2 N–H and O–H groups in total. The number of unbranched alkanes of at least 4 members (excludes halogenated alkanes) is 1. The molecule has 21 heavy (non-hydrogen) atoms. The third-order valence-corrected chi connectivity index (χ3v) is 4.64. The zero-order valence-corrected chi connectivity index (χ0v) is 13.0. The lowest BCUT2D eigenvalue weighted by molar-refractivity contribution is -0.139. The van der Waals surface area contributed by atoms with Crippen LogP contribution >= 0.6 is 0 Å². The SMILES string of the molecule is CCCCC(NC(=O)N1CC2CCCN2CC1C)C(=O)O. The van der Waals surface area contributed by atoms with Gasteiger partial charge in [-0.15, -0.1) is 0 Å². The molecule has 0 aliphatic carbocycles. The third-order valence-electron chi connectivity index (χ3n) is 4.64. The number of carboxylic acid groups (broad SMARTS) is 1. The van der Waals surface area contributed by atoms with Crippen molar-refractivity contribution in [3.8, 4) is 0 Å². The number of carboxylic acids is 1. The molecule has 2 rings (SSSR count). The van der Waals surface area contributed by atoms with E-state index in [1.807, 2.05) is 18.7 Å². The summed E-state index contributed by atoms with van der Waals surface area (Å²) in [4.78, 5) is 27.9. The van der Waals surface area contributed by atoms with Crippen molar-refractivity contribution >= 4 is 12.0 Å². The Balaban J connectivity index is 1.93. The van der Waals surface area contributed by atoms with Crippen molar-refractivity contribution in [1.82, 2.24) is 15.1 Å². The van der Waals surface area contributed by atoms with Gasteiger partial charge >= 0.3 is 12.0 Å². The number of nitrogens with one attached hydrogen (secondary N) is 1. The second kappa shape index (κ2) is 7.11. The van der Waals surface area contributed by atoms with Gasteiger partial charge in [-0.25, -0.2) is 9.59 Å². The van der Waals surface area contributed by atoms with Gasteiger partial charge in [-0.3, -0.25) is 4.90 Å². The summed E-state index contributed by atoms with van der Waals surface area (Å²) in [5.74, 6) is -0.941. The summed E-state index contributed by atoms with van der Waals surface area (Å²) < 4.78 is 0. The monoisotopic (exact) mass is 297 g/mol. The number of rotatable bonds is 5. The molecule has 2 fully saturated rings. The van der Waals surface area contributed by atoms with Crippen LogP contribution in [0.2, 0.25) is 0 Å². The van der Waals surface area contributed by atoms with E-state index in [4.69, 9.17) is 0 Å². The van der Waals surface area contributed by atoms with Crippen LogP contribution in [0.25, 0.3) is 0 Å². The molecule has 0 saturated carbocycles. The number of aliphatic carboxylic acids is 1. The van der Waals surface area contributed by atoms with Crippen LogP contribution in [-0.2, 0) is 4.79 Å². The molecule has 0 aromatic carbocycles. The topological polar surface area (TPSA) is 72.9 Å². The lowest BCUT2D eigenvalue weighted by Gasteiger charge is -2.42. The molecule has 3 atom stereocenters. The van der Waals surface area contributed by atoms with Crippen molar-refractivity contribution in [2.45, 2.75) is 64.1 Å². The summed E-state index contributed by atoms with van der Waals surface area (Å²) in [6.07, 6.45) is 4.56. The molecule has 0 aromatic rings. The Morgan fingerprint density at radius 2 is 2.14 bits per heavy atom. The van der Waals surface area contributed by atoms with E-state index in [9.17, 15) is 14.7 Å². The highest BCUT2D eigenvalue weighted by molar-refractivity contribution is 5.82. The highest BCUT2D eigenvalue weighted by Gasteiger charge is 2.37. The fraction of sp³-hybridized carbons (Fsp3) is 0.867. The van der Waals surface area contributed by atoms with Crippen molar-refractivity contribution in [1.29, 1.82) is 0 Å². The summed E-state index contributed by atoms with van der Waals surface area (Å²) in [7, 11) is 0. The maximum absolute atomic E-state index is 12.4. The van der Waals surface area contributed by atoms with E-state index in [2.05, 4.69) is 10.2 Å². The van der Waals surface area contributed by atoms with Crippen LogP contribution in [0.5, 0.6) is 0 Å². The first-order valence-electron chi connectivity index (χ1n) is 8.07. The lowest BCUT2D eigenvalue weighted by Crippen LogP contribution is -2.60. The highest BCUT2D eigenvalue weighted by atomic mass is 16.4. The average molecular weight is 297 g/mol. The largest absolute Gasteiger partial charge is 0.480 e. The van der Waals surface area contributed by atoms with E-state index in [0.29, 0.717) is 19.0 Å². The first-order chi connectivity index (χ1) is 10.0. The molecule has 0 radical (unpaired) electrons. The van der Waals surface area contributed by atoms with Gasteiger partial charge in [0.1, 0.15) is 6.04 Å². The summed E-state index contributed by atoms with van der Waals surface area (Å²) in [6, 6.07) is -0.408. The van der Waals surface area contributed by atoms with E-state index in [1.54, 1.807) is 0 Å². The number of carbonyl (C=O) groups is 2. The van der Waals surface area contributed by atoms with Crippen LogP contribution in [0.15, 0.2) is 0 Å². The Bertz CT molecular complexity index is 388. The summed E-state index contributed by atoms with van der Waals surface area (Å²) >= 11 is 0. The molecular weight excluding hydrogens is 270 g/mol. The molecule has 0 bridgehead atoms. The minimum atomic E-state index is -0.941. The Morgan fingerprint density at radius 3 is 2.81 bits per heavy atom. The predicted molar refractivity (Wildman–Crippen MR) is 80.2 cm³/mol. The van der Waals surface area contributed by atoms with Crippen LogP contribution in [0, 0.1) is 0 Å². The molecule has 3 unspecified atom stereocenters. The second-order valence-corrected chi connectivity index (χ2v) is 6.27. The standard InChI is InChI=1S/C15H27N3O3/c1-3-4-7-13(14(19)20)16-15(21)18-10-12-6-5-8-17(12)9-11(18)2/h11-13H,3-10H2,1-2H3,(H,16,21)(H,19,20). The quantitative estimate of drug-likeness (QED) is 0.807. The maximum Gasteiger partial charge on any atom is 0.326 e. The average Bonchev–Trinajstić information content (AvgIpc) is 2.88. The minimum Gasteiger partial charge on any atom is -0.480 e. The van der Waals surface area contributed by atoms with Crippen molar-refractivity contribution < 1.29 is 14.7 Å². The van der Waals surface area contributed by atoms with Gasteiger partial charge in [-0.05, 0) is 32.7 Å². The smallest absolute Gasteiger partial charge is 0.326 e. The van der Waals surface area contributed by atoms with E-state index in [1.165, 1.54) is 6.42 Å². The fourth-order valence-corrected chi connectivity index (χ4v) is 3.37. The predicted octanol–water partition coefficient (Wildman–Crippen LogP) is 1.51. The molecule has 6 nitrogen and oxygen atoms in total. The van der Waals surface area contributed by atoms with Crippen LogP contribution < -0.4 is 5.32 Å². The van der Waals surface area contributed by atoms with Gasteiger partial charge in [-0.2, -0.15) is 0 Å². The highest BCUT2D eigenvalue weighted by Crippen LogP contribution is 2.24. The van der Waals surface area contributed by atoms with Crippen LogP contribution in [-0.4, -0.2) is 64.7 Å². The Hall–Kier alpha value is -1.30. The number of amides is 2. The first kappa shape index (κ1) is 16.1. The van der Waals surface area contributed by atoms with Gasteiger partial charge in [0.2, 0.25) is 0 Å². The second-order valence-electron chi connectivity index (χ2n) is 6.27. The Morgan fingerprint density at radius 1 is 1.38 bits per heavy atom. The number of urea groups is 1. The molecule has 2 heterocycles. The molecule has 120 valence electrons. The molecule has 2 aliphatic heterocycles. The Labute approximate surface area is 126 Å². The fourth-order valence-electron chi connectivity index (χ4n) is 3.37. The van der Waals surface area contributed by atoms with Crippen molar-refractivity contribution in [2.75, 3.05) is 19.6 Å². The molecule has 0 spiro atoms. The van der Waals surface area contributed by atoms with Gasteiger partial charge in [0, 0.05) is 25.2 Å². The van der Waals surface area contributed by atoms with Crippen molar-refractivity contribution in [3.05, 3.63) is 0 Å². The summed E-state index contributed by atoms with van der Waals surface area (Å²) in [6.45, 7) is 6.79. The number of fused-ring (bicyclic) bond motifs is 1. The number of piperazine rings is 1. The molecular formula is C15H27N3O3.